The number of halogens is 3. The summed E-state index contributed by atoms with van der Waals surface area (Å²) in [5.74, 6) is 0. The number of aromatic nitrogens is 2. The molecular weight excluding hydrogens is 381 g/mol. The van der Waals surface area contributed by atoms with Gasteiger partial charge in [-0.25, -0.2) is 12.7 Å². The SMILES string of the molecule is Cc1nn(CN(C)Cc2ccc(C(F)(F)F)cc2)c(C)c1S(=O)(=O)N(C)C. The smallest absolute Gasteiger partial charge is 0.283 e. The first-order chi connectivity index (χ1) is 12.3. The van der Waals surface area contributed by atoms with E-state index >= 15 is 0 Å². The van der Waals surface area contributed by atoms with Crippen LogP contribution < -0.4 is 0 Å². The highest BCUT2D eigenvalue weighted by Crippen LogP contribution is 2.29. The molecule has 27 heavy (non-hydrogen) atoms. The largest absolute Gasteiger partial charge is 0.416 e. The van der Waals surface area contributed by atoms with Crippen molar-refractivity contribution in [1.82, 2.24) is 19.0 Å². The van der Waals surface area contributed by atoms with E-state index in [2.05, 4.69) is 5.10 Å². The Morgan fingerprint density at radius 3 is 2.11 bits per heavy atom. The molecule has 0 bridgehead atoms. The van der Waals surface area contributed by atoms with Crippen molar-refractivity contribution in [3.63, 3.8) is 0 Å². The van der Waals surface area contributed by atoms with Crippen LogP contribution in [0.3, 0.4) is 0 Å². The summed E-state index contributed by atoms with van der Waals surface area (Å²) < 4.78 is 65.5. The monoisotopic (exact) mass is 404 g/mol. The molecule has 2 aromatic rings. The summed E-state index contributed by atoms with van der Waals surface area (Å²) in [6.07, 6.45) is -4.36. The molecule has 1 heterocycles. The quantitative estimate of drug-likeness (QED) is 0.743. The fourth-order valence-electron chi connectivity index (χ4n) is 2.76. The van der Waals surface area contributed by atoms with Gasteiger partial charge in [-0.3, -0.25) is 9.58 Å². The summed E-state index contributed by atoms with van der Waals surface area (Å²) >= 11 is 0. The number of nitrogens with zero attached hydrogens (tertiary/aromatic N) is 4. The minimum atomic E-state index is -4.36. The molecular formula is C17H23F3N4O2S. The number of sulfonamides is 1. The third kappa shape index (κ3) is 4.69. The van der Waals surface area contributed by atoms with E-state index in [1.807, 2.05) is 4.90 Å². The molecule has 0 aliphatic carbocycles. The van der Waals surface area contributed by atoms with Crippen LogP contribution in [0.4, 0.5) is 13.2 Å². The van der Waals surface area contributed by atoms with Gasteiger partial charge in [0.2, 0.25) is 10.0 Å². The Bertz CT molecular complexity index is 903. The molecule has 0 saturated heterocycles. The van der Waals surface area contributed by atoms with Gasteiger partial charge in [-0.1, -0.05) is 12.1 Å². The number of rotatable bonds is 6. The lowest BCUT2D eigenvalue weighted by Gasteiger charge is -2.18. The van der Waals surface area contributed by atoms with Crippen molar-refractivity contribution in [3.8, 4) is 0 Å². The maximum Gasteiger partial charge on any atom is 0.416 e. The summed E-state index contributed by atoms with van der Waals surface area (Å²) in [4.78, 5) is 2.02. The molecule has 6 nitrogen and oxygen atoms in total. The predicted octanol–water partition coefficient (Wildman–Crippen LogP) is 2.86. The van der Waals surface area contributed by atoms with Gasteiger partial charge in [0.05, 0.1) is 23.6 Å². The average molecular weight is 404 g/mol. The second-order valence-corrected chi connectivity index (χ2v) is 8.73. The van der Waals surface area contributed by atoms with E-state index in [4.69, 9.17) is 0 Å². The normalized spacial score (nSPS) is 13.0. The summed E-state index contributed by atoms with van der Waals surface area (Å²) in [6.45, 7) is 4.01. The van der Waals surface area contributed by atoms with Gasteiger partial charge in [0.1, 0.15) is 4.90 Å². The molecule has 0 N–H and O–H groups in total. The van der Waals surface area contributed by atoms with Crippen LogP contribution >= 0.6 is 0 Å². The zero-order valence-corrected chi connectivity index (χ0v) is 16.7. The maximum atomic E-state index is 12.6. The maximum absolute atomic E-state index is 12.6. The van der Waals surface area contributed by atoms with Gasteiger partial charge in [-0.15, -0.1) is 0 Å². The first-order valence-corrected chi connectivity index (χ1v) is 9.59. The molecule has 0 aliphatic rings. The Balaban J connectivity index is 2.16. The van der Waals surface area contributed by atoms with E-state index in [0.29, 0.717) is 30.2 Å². The summed E-state index contributed by atoms with van der Waals surface area (Å²) in [5, 5.41) is 4.31. The second kappa shape index (κ2) is 7.61. The van der Waals surface area contributed by atoms with Crippen molar-refractivity contribution in [2.24, 2.45) is 0 Å². The molecule has 1 aromatic carbocycles. The zero-order valence-electron chi connectivity index (χ0n) is 15.9. The van der Waals surface area contributed by atoms with Crippen molar-refractivity contribution in [3.05, 3.63) is 46.8 Å². The van der Waals surface area contributed by atoms with Crippen molar-refractivity contribution >= 4 is 10.0 Å². The highest BCUT2D eigenvalue weighted by atomic mass is 32.2. The van der Waals surface area contributed by atoms with Gasteiger partial charge >= 0.3 is 6.18 Å². The lowest BCUT2D eigenvalue weighted by molar-refractivity contribution is -0.137. The molecule has 0 saturated carbocycles. The Kier molecular flexibility index (Phi) is 6.03. The molecule has 0 radical (unpaired) electrons. The van der Waals surface area contributed by atoms with Gasteiger partial charge in [0, 0.05) is 20.6 Å². The fourth-order valence-corrected chi connectivity index (χ4v) is 4.02. The molecule has 10 heteroatoms. The molecule has 150 valence electrons. The Morgan fingerprint density at radius 1 is 1.07 bits per heavy atom. The van der Waals surface area contributed by atoms with Crippen LogP contribution in [0.2, 0.25) is 0 Å². The fraction of sp³-hybridized carbons (Fsp3) is 0.471. The lowest BCUT2D eigenvalue weighted by atomic mass is 10.1. The topological polar surface area (TPSA) is 58.4 Å². The predicted molar refractivity (Wildman–Crippen MR) is 95.5 cm³/mol. The third-order valence-corrected chi connectivity index (χ3v) is 6.23. The Labute approximate surface area is 157 Å². The Hall–Kier alpha value is -1.91. The standard InChI is InChI=1S/C17H23F3N4O2S/c1-12-16(27(25,26)22(3)4)13(2)24(21-12)11-23(5)10-14-6-8-15(9-7-14)17(18,19)20/h6-9H,10-11H2,1-5H3. The zero-order chi connectivity index (χ0) is 20.6. The first kappa shape index (κ1) is 21.4. The van der Waals surface area contributed by atoms with Crippen LogP contribution in [0.5, 0.6) is 0 Å². The minimum absolute atomic E-state index is 0.176. The molecule has 2 rings (SSSR count). The summed E-state index contributed by atoms with van der Waals surface area (Å²) in [6, 6.07) is 4.97. The van der Waals surface area contributed by atoms with E-state index in [-0.39, 0.29) is 4.90 Å². The van der Waals surface area contributed by atoms with Crippen molar-refractivity contribution < 1.29 is 21.6 Å². The van der Waals surface area contributed by atoms with Crippen LogP contribution in [-0.4, -0.2) is 48.5 Å². The molecule has 1 aromatic heterocycles. The average Bonchev–Trinajstić information content (AvgIpc) is 2.81. The van der Waals surface area contributed by atoms with Gasteiger partial charge in [0.25, 0.3) is 0 Å². The molecule has 0 atom stereocenters. The second-order valence-electron chi connectivity index (χ2n) is 6.64. The Morgan fingerprint density at radius 2 is 1.63 bits per heavy atom. The van der Waals surface area contributed by atoms with Gasteiger partial charge in [-0.05, 0) is 38.6 Å². The van der Waals surface area contributed by atoms with Crippen molar-refractivity contribution in [1.29, 1.82) is 0 Å². The minimum Gasteiger partial charge on any atom is -0.283 e. The van der Waals surface area contributed by atoms with Gasteiger partial charge < -0.3 is 0 Å². The highest BCUT2D eigenvalue weighted by molar-refractivity contribution is 7.89. The molecule has 0 amide bonds. The van der Waals surface area contributed by atoms with Crippen molar-refractivity contribution in [2.45, 2.75) is 38.1 Å². The molecule has 0 unspecified atom stereocenters. The first-order valence-electron chi connectivity index (χ1n) is 8.15. The number of hydrogen-bond acceptors (Lipinski definition) is 4. The van der Waals surface area contributed by atoms with Crippen LogP contribution in [-0.2, 0) is 29.4 Å². The van der Waals surface area contributed by atoms with Crippen LogP contribution in [0, 0.1) is 13.8 Å². The van der Waals surface area contributed by atoms with E-state index in [9.17, 15) is 21.6 Å². The number of hydrogen-bond donors (Lipinski definition) is 0. The molecule has 0 fully saturated rings. The van der Waals surface area contributed by atoms with Gasteiger partial charge in [0.15, 0.2) is 0 Å². The van der Waals surface area contributed by atoms with Gasteiger partial charge in [-0.2, -0.15) is 18.3 Å². The van der Waals surface area contributed by atoms with Crippen LogP contribution in [0.15, 0.2) is 29.2 Å². The number of alkyl halides is 3. The summed E-state index contributed by atoms with van der Waals surface area (Å²) in [7, 11) is 1.10. The van der Waals surface area contributed by atoms with E-state index < -0.39 is 21.8 Å². The van der Waals surface area contributed by atoms with E-state index in [1.165, 1.54) is 26.2 Å². The lowest BCUT2D eigenvalue weighted by Crippen LogP contribution is -2.25. The number of benzene rings is 1. The van der Waals surface area contributed by atoms with E-state index in [0.717, 1.165) is 16.4 Å². The molecule has 0 spiro atoms. The number of aryl methyl sites for hydroxylation is 1. The highest BCUT2D eigenvalue weighted by Gasteiger charge is 2.30. The van der Waals surface area contributed by atoms with Crippen molar-refractivity contribution in [2.75, 3.05) is 21.1 Å². The van der Waals surface area contributed by atoms with E-state index in [1.54, 1.807) is 25.6 Å². The third-order valence-electron chi connectivity index (χ3n) is 4.16. The molecule has 0 aliphatic heterocycles. The summed E-state index contributed by atoms with van der Waals surface area (Å²) in [5.41, 5.74) is 0.948. The van der Waals surface area contributed by atoms with Crippen LogP contribution in [0.25, 0.3) is 0 Å². The van der Waals surface area contributed by atoms with Crippen LogP contribution in [0.1, 0.15) is 22.5 Å².